The van der Waals surface area contributed by atoms with Crippen molar-refractivity contribution in [3.63, 3.8) is 0 Å². The fourth-order valence-corrected chi connectivity index (χ4v) is 2.86. The number of nitrogens with one attached hydrogen (secondary N) is 1. The Labute approximate surface area is 101 Å². The molecule has 0 aromatic rings. The molecule has 2 N–H and O–H groups in total. The van der Waals surface area contributed by atoms with Crippen LogP contribution in [0.15, 0.2) is 0 Å². The standard InChI is InChI=1S/C10H19NO5S/c12-4-2-6-17(14,15)8-10(13)11-7-9-3-1-5-16-9/h9,12H,1-8H2,(H,11,13). The molecule has 1 fully saturated rings. The Kier molecular flexibility index (Phi) is 5.87. The zero-order chi connectivity index (χ0) is 12.7. The average Bonchev–Trinajstić information content (AvgIpc) is 2.76. The number of hydrogen-bond donors (Lipinski definition) is 2. The molecule has 1 heterocycles. The van der Waals surface area contributed by atoms with E-state index in [-0.39, 0.29) is 24.9 Å². The van der Waals surface area contributed by atoms with Gasteiger partial charge in [0.1, 0.15) is 5.75 Å². The van der Waals surface area contributed by atoms with Crippen LogP contribution in [0.3, 0.4) is 0 Å². The summed E-state index contributed by atoms with van der Waals surface area (Å²) in [5, 5.41) is 11.1. The Morgan fingerprint density at radius 1 is 1.47 bits per heavy atom. The lowest BCUT2D eigenvalue weighted by Gasteiger charge is -2.10. The van der Waals surface area contributed by atoms with E-state index in [1.165, 1.54) is 0 Å². The van der Waals surface area contributed by atoms with Crippen LogP contribution in [0.1, 0.15) is 19.3 Å². The van der Waals surface area contributed by atoms with Crippen LogP contribution in [0.4, 0.5) is 0 Å². The number of ether oxygens (including phenoxy) is 1. The lowest BCUT2D eigenvalue weighted by atomic mass is 10.2. The third kappa shape index (κ3) is 5.99. The van der Waals surface area contributed by atoms with Gasteiger partial charge in [0.25, 0.3) is 0 Å². The van der Waals surface area contributed by atoms with Crippen LogP contribution >= 0.6 is 0 Å². The maximum Gasteiger partial charge on any atom is 0.235 e. The van der Waals surface area contributed by atoms with Gasteiger partial charge in [0, 0.05) is 19.8 Å². The van der Waals surface area contributed by atoms with E-state index in [0.717, 1.165) is 12.8 Å². The van der Waals surface area contributed by atoms with Gasteiger partial charge >= 0.3 is 0 Å². The summed E-state index contributed by atoms with van der Waals surface area (Å²) in [4.78, 5) is 11.4. The minimum Gasteiger partial charge on any atom is -0.396 e. The molecule has 0 aromatic heterocycles. The number of rotatable bonds is 7. The Morgan fingerprint density at radius 2 is 2.24 bits per heavy atom. The Balaban J connectivity index is 2.23. The van der Waals surface area contributed by atoms with Crippen molar-refractivity contribution in [2.45, 2.75) is 25.4 Å². The predicted octanol–water partition coefficient (Wildman–Crippen LogP) is -0.921. The Morgan fingerprint density at radius 3 is 2.82 bits per heavy atom. The van der Waals surface area contributed by atoms with E-state index in [1.807, 2.05) is 0 Å². The van der Waals surface area contributed by atoms with Gasteiger partial charge in [-0.1, -0.05) is 0 Å². The molecule has 1 amide bonds. The Hall–Kier alpha value is -0.660. The van der Waals surface area contributed by atoms with Crippen molar-refractivity contribution in [3.05, 3.63) is 0 Å². The first-order valence-corrected chi connectivity index (χ1v) is 7.55. The highest BCUT2D eigenvalue weighted by molar-refractivity contribution is 7.92. The zero-order valence-electron chi connectivity index (χ0n) is 9.72. The van der Waals surface area contributed by atoms with Crippen molar-refractivity contribution in [1.29, 1.82) is 0 Å². The normalized spacial score (nSPS) is 20.4. The van der Waals surface area contributed by atoms with E-state index in [1.54, 1.807) is 0 Å². The van der Waals surface area contributed by atoms with Crippen molar-refractivity contribution in [2.75, 3.05) is 31.3 Å². The molecule has 0 aromatic carbocycles. The first-order valence-electron chi connectivity index (χ1n) is 5.73. The molecular weight excluding hydrogens is 246 g/mol. The van der Waals surface area contributed by atoms with Crippen LogP contribution < -0.4 is 5.32 Å². The lowest BCUT2D eigenvalue weighted by molar-refractivity contribution is -0.119. The van der Waals surface area contributed by atoms with Gasteiger partial charge < -0.3 is 15.2 Å². The molecule has 1 rings (SSSR count). The molecule has 7 heteroatoms. The van der Waals surface area contributed by atoms with Crippen molar-refractivity contribution < 1.29 is 23.1 Å². The predicted molar refractivity (Wildman–Crippen MR) is 62.3 cm³/mol. The smallest absolute Gasteiger partial charge is 0.235 e. The fourth-order valence-electron chi connectivity index (χ4n) is 1.64. The van der Waals surface area contributed by atoms with Crippen LogP contribution in [0, 0.1) is 0 Å². The highest BCUT2D eigenvalue weighted by atomic mass is 32.2. The largest absolute Gasteiger partial charge is 0.396 e. The maximum absolute atomic E-state index is 11.4. The van der Waals surface area contributed by atoms with Crippen LogP contribution in [0.2, 0.25) is 0 Å². The van der Waals surface area contributed by atoms with E-state index in [9.17, 15) is 13.2 Å². The van der Waals surface area contributed by atoms with E-state index < -0.39 is 21.5 Å². The number of carbonyl (C=O) groups is 1. The summed E-state index contributed by atoms with van der Waals surface area (Å²) in [6.07, 6.45) is 2.06. The summed E-state index contributed by atoms with van der Waals surface area (Å²) >= 11 is 0. The van der Waals surface area contributed by atoms with Crippen molar-refractivity contribution in [1.82, 2.24) is 5.32 Å². The molecule has 1 aliphatic heterocycles. The first-order chi connectivity index (χ1) is 8.03. The second kappa shape index (κ2) is 6.93. The molecule has 17 heavy (non-hydrogen) atoms. The quantitative estimate of drug-likeness (QED) is 0.621. The second-order valence-corrected chi connectivity index (χ2v) is 6.29. The van der Waals surface area contributed by atoms with Gasteiger partial charge in [-0.25, -0.2) is 8.42 Å². The minimum atomic E-state index is -3.40. The number of aliphatic hydroxyl groups is 1. The number of aliphatic hydroxyl groups excluding tert-OH is 1. The molecule has 1 atom stereocenters. The average molecular weight is 265 g/mol. The zero-order valence-corrected chi connectivity index (χ0v) is 10.5. The van der Waals surface area contributed by atoms with Crippen LogP contribution in [0.5, 0.6) is 0 Å². The first kappa shape index (κ1) is 14.4. The Bertz CT molecular complexity index is 335. The molecular formula is C10H19NO5S. The molecule has 1 saturated heterocycles. The van der Waals surface area contributed by atoms with E-state index >= 15 is 0 Å². The van der Waals surface area contributed by atoms with Gasteiger partial charge in [0.2, 0.25) is 5.91 Å². The van der Waals surface area contributed by atoms with Gasteiger partial charge in [0.05, 0.1) is 11.9 Å². The molecule has 0 radical (unpaired) electrons. The van der Waals surface area contributed by atoms with E-state index in [4.69, 9.17) is 9.84 Å². The summed E-state index contributed by atoms with van der Waals surface area (Å²) in [7, 11) is -3.40. The molecule has 1 aliphatic rings. The summed E-state index contributed by atoms with van der Waals surface area (Å²) in [5.41, 5.74) is 0. The topological polar surface area (TPSA) is 92.7 Å². The molecule has 6 nitrogen and oxygen atoms in total. The van der Waals surface area contributed by atoms with Gasteiger partial charge in [-0.05, 0) is 19.3 Å². The molecule has 0 aliphatic carbocycles. The van der Waals surface area contributed by atoms with Crippen LogP contribution in [-0.4, -0.2) is 56.8 Å². The number of carbonyl (C=O) groups excluding carboxylic acids is 1. The fraction of sp³-hybridized carbons (Fsp3) is 0.900. The van der Waals surface area contributed by atoms with Crippen LogP contribution in [0.25, 0.3) is 0 Å². The number of sulfone groups is 1. The second-order valence-electron chi connectivity index (χ2n) is 4.11. The van der Waals surface area contributed by atoms with Crippen molar-refractivity contribution in [2.24, 2.45) is 0 Å². The van der Waals surface area contributed by atoms with Gasteiger partial charge in [-0.15, -0.1) is 0 Å². The van der Waals surface area contributed by atoms with Gasteiger partial charge in [0.15, 0.2) is 9.84 Å². The third-order valence-electron chi connectivity index (χ3n) is 2.52. The lowest BCUT2D eigenvalue weighted by Crippen LogP contribution is -2.36. The third-order valence-corrected chi connectivity index (χ3v) is 4.13. The number of amides is 1. The summed E-state index contributed by atoms with van der Waals surface area (Å²) in [5.74, 6) is -1.17. The van der Waals surface area contributed by atoms with Crippen molar-refractivity contribution in [3.8, 4) is 0 Å². The summed E-state index contributed by atoms with van der Waals surface area (Å²) < 4.78 is 28.1. The van der Waals surface area contributed by atoms with Crippen molar-refractivity contribution >= 4 is 15.7 Å². The molecule has 100 valence electrons. The highest BCUT2D eigenvalue weighted by Gasteiger charge is 2.19. The van der Waals surface area contributed by atoms with E-state index in [2.05, 4.69) is 5.32 Å². The molecule has 0 saturated carbocycles. The molecule has 0 spiro atoms. The molecule has 1 unspecified atom stereocenters. The van der Waals surface area contributed by atoms with Crippen LogP contribution in [-0.2, 0) is 19.4 Å². The maximum atomic E-state index is 11.4. The minimum absolute atomic E-state index is 0.0131. The highest BCUT2D eigenvalue weighted by Crippen LogP contribution is 2.10. The SMILES string of the molecule is O=C(CS(=O)(=O)CCCO)NCC1CCCO1. The van der Waals surface area contributed by atoms with E-state index in [0.29, 0.717) is 13.2 Å². The van der Waals surface area contributed by atoms with Gasteiger partial charge in [-0.2, -0.15) is 0 Å². The summed E-state index contributed by atoms with van der Waals surface area (Å²) in [6, 6.07) is 0. The van der Waals surface area contributed by atoms with Gasteiger partial charge in [-0.3, -0.25) is 4.79 Å². The molecule has 0 bridgehead atoms. The monoisotopic (exact) mass is 265 g/mol. The number of hydrogen-bond acceptors (Lipinski definition) is 5. The summed E-state index contributed by atoms with van der Waals surface area (Å²) in [6.45, 7) is 0.889.